The number of hydrogen-bond acceptors (Lipinski definition) is 5. The zero-order chi connectivity index (χ0) is 16.4. The predicted octanol–water partition coefficient (Wildman–Crippen LogP) is 1.65. The van der Waals surface area contributed by atoms with Crippen molar-refractivity contribution < 1.29 is 13.3 Å². The average Bonchev–Trinajstić information content (AvgIpc) is 2.46. The second-order valence-corrected chi connectivity index (χ2v) is 8.09. The molecule has 1 unspecified atom stereocenters. The fraction of sp³-hybridized carbons (Fsp3) is 0.571. The third-order valence-electron chi connectivity index (χ3n) is 3.91. The number of sulfonamides is 1. The first kappa shape index (κ1) is 16.9. The van der Waals surface area contributed by atoms with E-state index >= 15 is 0 Å². The van der Waals surface area contributed by atoms with Gasteiger partial charge in [0, 0.05) is 25.2 Å². The van der Waals surface area contributed by atoms with Crippen molar-refractivity contribution in [3.8, 4) is 0 Å². The van der Waals surface area contributed by atoms with Gasteiger partial charge in [0.2, 0.25) is 10.0 Å². The molecule has 7 nitrogen and oxygen atoms in total. The van der Waals surface area contributed by atoms with Crippen LogP contribution in [0.3, 0.4) is 0 Å². The van der Waals surface area contributed by atoms with Crippen molar-refractivity contribution in [2.75, 3.05) is 13.1 Å². The molecule has 1 heterocycles. The molecule has 0 spiro atoms. The molecule has 1 atom stereocenters. The Morgan fingerprint density at radius 1 is 1.41 bits per heavy atom. The van der Waals surface area contributed by atoms with Gasteiger partial charge in [0.05, 0.1) is 4.92 Å². The van der Waals surface area contributed by atoms with Gasteiger partial charge in [-0.15, -0.1) is 0 Å². The number of para-hydroxylation sites is 1. The summed E-state index contributed by atoms with van der Waals surface area (Å²) >= 11 is 0. The van der Waals surface area contributed by atoms with Crippen molar-refractivity contribution in [2.24, 2.45) is 5.41 Å². The van der Waals surface area contributed by atoms with Gasteiger partial charge in [-0.05, 0) is 24.3 Å². The van der Waals surface area contributed by atoms with Gasteiger partial charge in [-0.3, -0.25) is 10.1 Å². The maximum Gasteiger partial charge on any atom is 0.289 e. The fourth-order valence-electron chi connectivity index (χ4n) is 2.47. The van der Waals surface area contributed by atoms with Gasteiger partial charge in [-0.1, -0.05) is 26.0 Å². The van der Waals surface area contributed by atoms with E-state index < -0.39 is 20.6 Å². The summed E-state index contributed by atoms with van der Waals surface area (Å²) in [7, 11) is -3.90. The maximum absolute atomic E-state index is 12.3. The first-order chi connectivity index (χ1) is 10.2. The molecular weight excluding hydrogens is 306 g/mol. The summed E-state index contributed by atoms with van der Waals surface area (Å²) in [6.45, 7) is 5.37. The monoisotopic (exact) mass is 327 g/mol. The normalized spacial score (nSPS) is 21.5. The molecule has 1 aliphatic heterocycles. The molecule has 2 N–H and O–H groups in total. The van der Waals surface area contributed by atoms with Crippen LogP contribution in [0, 0.1) is 15.5 Å². The van der Waals surface area contributed by atoms with Crippen molar-refractivity contribution in [1.82, 2.24) is 10.0 Å². The molecule has 22 heavy (non-hydrogen) atoms. The van der Waals surface area contributed by atoms with E-state index in [0.717, 1.165) is 19.4 Å². The lowest BCUT2D eigenvalue weighted by Crippen LogP contribution is -2.48. The van der Waals surface area contributed by atoms with E-state index in [1.54, 1.807) is 0 Å². The number of rotatable bonds is 5. The van der Waals surface area contributed by atoms with Crippen molar-refractivity contribution in [1.29, 1.82) is 0 Å². The van der Waals surface area contributed by atoms with Crippen LogP contribution in [0.1, 0.15) is 26.7 Å². The van der Waals surface area contributed by atoms with E-state index in [9.17, 15) is 18.5 Å². The van der Waals surface area contributed by atoms with Crippen LogP contribution < -0.4 is 10.0 Å². The number of nitro benzene ring substituents is 1. The molecule has 1 aliphatic rings. The van der Waals surface area contributed by atoms with Gasteiger partial charge in [-0.2, -0.15) is 0 Å². The van der Waals surface area contributed by atoms with E-state index in [2.05, 4.69) is 23.9 Å². The molecule has 8 heteroatoms. The van der Waals surface area contributed by atoms with Gasteiger partial charge in [0.15, 0.2) is 4.90 Å². The Kier molecular flexibility index (Phi) is 4.84. The fourth-order valence-corrected chi connectivity index (χ4v) is 3.73. The lowest BCUT2D eigenvalue weighted by atomic mass is 9.83. The van der Waals surface area contributed by atoms with E-state index in [-0.39, 0.29) is 22.9 Å². The molecular formula is C14H21N3O4S. The largest absolute Gasteiger partial charge is 0.312 e. The van der Waals surface area contributed by atoms with Crippen LogP contribution in [0.25, 0.3) is 0 Å². The zero-order valence-corrected chi connectivity index (χ0v) is 13.5. The Balaban J connectivity index is 2.05. The van der Waals surface area contributed by atoms with Crippen LogP contribution >= 0.6 is 0 Å². The molecule has 0 bridgehead atoms. The minimum Gasteiger partial charge on any atom is -0.312 e. The lowest BCUT2D eigenvalue weighted by molar-refractivity contribution is -0.387. The predicted molar refractivity (Wildman–Crippen MR) is 83.1 cm³/mol. The maximum atomic E-state index is 12.3. The summed E-state index contributed by atoms with van der Waals surface area (Å²) < 4.78 is 27.0. The summed E-state index contributed by atoms with van der Waals surface area (Å²) in [5, 5.41) is 14.3. The highest BCUT2D eigenvalue weighted by Crippen LogP contribution is 2.27. The van der Waals surface area contributed by atoms with Crippen LogP contribution in [0.5, 0.6) is 0 Å². The molecule has 1 fully saturated rings. The molecule has 0 aromatic heterocycles. The first-order valence-corrected chi connectivity index (χ1v) is 8.66. The van der Waals surface area contributed by atoms with Gasteiger partial charge in [0.25, 0.3) is 5.69 Å². The second-order valence-electron chi connectivity index (χ2n) is 6.36. The summed E-state index contributed by atoms with van der Waals surface area (Å²) in [6.07, 6.45) is 1.88. The SMILES string of the molecule is CC1(C)CCC(CNS(=O)(=O)c2ccccc2[N+](=O)[O-])NC1. The Labute approximate surface area is 130 Å². The van der Waals surface area contributed by atoms with Crippen LogP contribution in [0.4, 0.5) is 5.69 Å². The number of nitrogens with one attached hydrogen (secondary N) is 2. The molecule has 122 valence electrons. The second kappa shape index (κ2) is 6.31. The topological polar surface area (TPSA) is 101 Å². The standard InChI is InChI=1S/C14H21N3O4S/c1-14(2)8-7-11(15-10-14)9-16-22(20,21)13-6-4-3-5-12(13)17(18)19/h3-6,11,15-16H,7-10H2,1-2H3. The van der Waals surface area contributed by atoms with Gasteiger partial charge < -0.3 is 5.32 Å². The number of nitrogens with zero attached hydrogens (tertiary/aromatic N) is 1. The van der Waals surface area contributed by atoms with E-state index in [0.29, 0.717) is 0 Å². The molecule has 0 amide bonds. The molecule has 0 radical (unpaired) electrons. The van der Waals surface area contributed by atoms with Crippen molar-refractivity contribution in [2.45, 2.75) is 37.6 Å². The minimum atomic E-state index is -3.90. The third-order valence-corrected chi connectivity index (χ3v) is 5.38. The Morgan fingerprint density at radius 3 is 2.68 bits per heavy atom. The molecule has 0 aliphatic carbocycles. The number of hydrogen-bond donors (Lipinski definition) is 2. The Morgan fingerprint density at radius 2 is 2.09 bits per heavy atom. The van der Waals surface area contributed by atoms with Gasteiger partial charge in [-0.25, -0.2) is 13.1 Å². The average molecular weight is 327 g/mol. The van der Waals surface area contributed by atoms with Gasteiger partial charge >= 0.3 is 0 Å². The smallest absolute Gasteiger partial charge is 0.289 e. The molecule has 1 aromatic carbocycles. The molecule has 0 saturated carbocycles. The van der Waals surface area contributed by atoms with Crippen molar-refractivity contribution in [3.63, 3.8) is 0 Å². The summed E-state index contributed by atoms with van der Waals surface area (Å²) in [4.78, 5) is 9.97. The van der Waals surface area contributed by atoms with E-state index in [1.807, 2.05) is 0 Å². The summed E-state index contributed by atoms with van der Waals surface area (Å²) in [6, 6.07) is 5.41. The number of nitro groups is 1. The van der Waals surface area contributed by atoms with E-state index in [1.165, 1.54) is 24.3 Å². The number of benzene rings is 1. The van der Waals surface area contributed by atoms with Crippen LogP contribution in [0.15, 0.2) is 29.2 Å². The summed E-state index contributed by atoms with van der Waals surface area (Å²) in [5.41, 5.74) is -0.194. The lowest BCUT2D eigenvalue weighted by Gasteiger charge is -2.35. The highest BCUT2D eigenvalue weighted by atomic mass is 32.2. The summed E-state index contributed by atoms with van der Waals surface area (Å²) in [5.74, 6) is 0. The molecule has 1 aromatic rings. The zero-order valence-electron chi connectivity index (χ0n) is 12.7. The first-order valence-electron chi connectivity index (χ1n) is 7.18. The van der Waals surface area contributed by atoms with Crippen LogP contribution in [-0.4, -0.2) is 32.5 Å². The van der Waals surface area contributed by atoms with Crippen molar-refractivity contribution in [3.05, 3.63) is 34.4 Å². The van der Waals surface area contributed by atoms with E-state index in [4.69, 9.17) is 0 Å². The minimum absolute atomic E-state index is 0.0468. The quantitative estimate of drug-likeness (QED) is 0.632. The molecule has 2 rings (SSSR count). The Bertz CT molecular complexity index is 648. The van der Waals surface area contributed by atoms with Crippen molar-refractivity contribution >= 4 is 15.7 Å². The Hall–Kier alpha value is -1.51. The number of piperidine rings is 1. The molecule has 1 saturated heterocycles. The van der Waals surface area contributed by atoms with Crippen LogP contribution in [0.2, 0.25) is 0 Å². The highest BCUT2D eigenvalue weighted by Gasteiger charge is 2.29. The highest BCUT2D eigenvalue weighted by molar-refractivity contribution is 7.89. The van der Waals surface area contributed by atoms with Crippen LogP contribution in [-0.2, 0) is 10.0 Å². The van der Waals surface area contributed by atoms with Gasteiger partial charge in [0.1, 0.15) is 0 Å². The third kappa shape index (κ3) is 4.02.